The first-order chi connectivity index (χ1) is 10.2. The summed E-state index contributed by atoms with van der Waals surface area (Å²) < 4.78 is 4.63. The lowest BCUT2D eigenvalue weighted by Crippen LogP contribution is -2.14. The summed E-state index contributed by atoms with van der Waals surface area (Å²) in [6, 6.07) is 4.85. The third-order valence-corrected chi connectivity index (χ3v) is 2.52. The SMILES string of the molecule is CC.CC.CCc1nc2cc(C(=O)OC)ccc2[nH]c1=O. The molecule has 0 atom stereocenters. The number of esters is 1. The lowest BCUT2D eigenvalue weighted by Gasteiger charge is -2.03. The van der Waals surface area contributed by atoms with Crippen LogP contribution in [0.4, 0.5) is 0 Å². The van der Waals surface area contributed by atoms with Crippen molar-refractivity contribution in [2.45, 2.75) is 41.0 Å². The molecule has 5 nitrogen and oxygen atoms in total. The Kier molecular flexibility index (Phi) is 8.69. The Hall–Kier alpha value is -2.17. The second-order valence-electron chi connectivity index (χ2n) is 3.59. The molecule has 0 saturated heterocycles. The van der Waals surface area contributed by atoms with Crippen LogP contribution in [0.25, 0.3) is 11.0 Å². The number of carbonyl (C=O) groups is 1. The number of ether oxygens (including phenoxy) is 1. The summed E-state index contributed by atoms with van der Waals surface area (Å²) in [6.45, 7) is 9.85. The highest BCUT2D eigenvalue weighted by Crippen LogP contribution is 2.11. The van der Waals surface area contributed by atoms with Crippen LogP contribution >= 0.6 is 0 Å². The van der Waals surface area contributed by atoms with E-state index >= 15 is 0 Å². The molecular weight excluding hydrogens is 268 g/mol. The number of aromatic nitrogens is 2. The first-order valence-electron chi connectivity index (χ1n) is 7.27. The van der Waals surface area contributed by atoms with Crippen LogP contribution in [0.15, 0.2) is 23.0 Å². The van der Waals surface area contributed by atoms with E-state index in [1.165, 1.54) is 7.11 Å². The molecule has 21 heavy (non-hydrogen) atoms. The number of methoxy groups -OCH3 is 1. The zero-order chi connectivity index (χ0) is 16.4. The lowest BCUT2D eigenvalue weighted by molar-refractivity contribution is 0.0601. The number of nitrogens with one attached hydrogen (secondary N) is 1. The number of H-pyrrole nitrogens is 1. The van der Waals surface area contributed by atoms with Gasteiger partial charge in [0.25, 0.3) is 5.56 Å². The van der Waals surface area contributed by atoms with Crippen LogP contribution in [0.3, 0.4) is 0 Å². The first kappa shape index (κ1) is 18.8. The minimum Gasteiger partial charge on any atom is -0.465 e. The van der Waals surface area contributed by atoms with Crippen molar-refractivity contribution >= 4 is 17.0 Å². The molecule has 2 rings (SSSR count). The van der Waals surface area contributed by atoms with Gasteiger partial charge in [-0.2, -0.15) is 0 Å². The summed E-state index contributed by atoms with van der Waals surface area (Å²) in [5.41, 5.74) is 1.89. The predicted molar refractivity (Wildman–Crippen MR) is 85.8 cm³/mol. The van der Waals surface area contributed by atoms with Gasteiger partial charge in [-0.3, -0.25) is 4.79 Å². The molecule has 0 aliphatic carbocycles. The Labute approximate surface area is 125 Å². The van der Waals surface area contributed by atoms with E-state index in [0.717, 1.165) is 0 Å². The minimum absolute atomic E-state index is 0.189. The average Bonchev–Trinajstić information content (AvgIpc) is 2.56. The van der Waals surface area contributed by atoms with Crippen molar-refractivity contribution < 1.29 is 9.53 Å². The van der Waals surface area contributed by atoms with E-state index in [9.17, 15) is 9.59 Å². The maximum absolute atomic E-state index is 11.5. The third-order valence-electron chi connectivity index (χ3n) is 2.52. The van der Waals surface area contributed by atoms with E-state index in [-0.39, 0.29) is 5.56 Å². The van der Waals surface area contributed by atoms with Crippen LogP contribution < -0.4 is 5.56 Å². The maximum atomic E-state index is 11.5. The number of hydrogen-bond donors (Lipinski definition) is 1. The molecule has 1 N–H and O–H groups in total. The normalized spacial score (nSPS) is 9.05. The molecule has 0 saturated carbocycles. The van der Waals surface area contributed by atoms with Gasteiger partial charge in [0, 0.05) is 0 Å². The quantitative estimate of drug-likeness (QED) is 0.862. The van der Waals surface area contributed by atoms with Crippen LogP contribution in [0.1, 0.15) is 50.7 Å². The van der Waals surface area contributed by atoms with E-state index in [4.69, 9.17) is 0 Å². The maximum Gasteiger partial charge on any atom is 0.337 e. The highest BCUT2D eigenvalue weighted by molar-refractivity contribution is 5.93. The monoisotopic (exact) mass is 292 g/mol. The Bertz CT molecular complexity index is 633. The summed E-state index contributed by atoms with van der Waals surface area (Å²) >= 11 is 0. The molecule has 0 fully saturated rings. The average molecular weight is 292 g/mol. The second-order valence-corrected chi connectivity index (χ2v) is 3.59. The Morgan fingerprint density at radius 1 is 1.24 bits per heavy atom. The molecule has 0 bridgehead atoms. The molecule has 1 aromatic carbocycles. The smallest absolute Gasteiger partial charge is 0.337 e. The number of fused-ring (bicyclic) bond motifs is 1. The van der Waals surface area contributed by atoms with Crippen molar-refractivity contribution in [3.63, 3.8) is 0 Å². The molecule has 116 valence electrons. The van der Waals surface area contributed by atoms with Crippen LogP contribution in [-0.2, 0) is 11.2 Å². The summed E-state index contributed by atoms with van der Waals surface area (Å²) in [5, 5.41) is 0. The number of carbonyl (C=O) groups excluding carboxylic acids is 1. The number of rotatable bonds is 2. The number of nitrogens with zero attached hydrogens (tertiary/aromatic N) is 1. The van der Waals surface area contributed by atoms with Gasteiger partial charge in [0.2, 0.25) is 0 Å². The largest absolute Gasteiger partial charge is 0.465 e. The van der Waals surface area contributed by atoms with Gasteiger partial charge in [0.1, 0.15) is 5.69 Å². The lowest BCUT2D eigenvalue weighted by atomic mass is 10.2. The highest BCUT2D eigenvalue weighted by atomic mass is 16.5. The molecular formula is C16H24N2O3. The molecule has 1 aromatic heterocycles. The summed E-state index contributed by atoms with van der Waals surface area (Å²) in [6.07, 6.45) is 0.549. The molecule has 2 aromatic rings. The van der Waals surface area contributed by atoms with Crippen molar-refractivity contribution in [2.24, 2.45) is 0 Å². The standard InChI is InChI=1S/C12H12N2O3.2C2H6/c1-3-8-11(15)14-9-5-4-7(12(16)17-2)6-10(9)13-8;2*1-2/h4-6H,3H2,1-2H3,(H,14,15);2*1-2H3. The van der Waals surface area contributed by atoms with E-state index in [0.29, 0.717) is 28.7 Å². The van der Waals surface area contributed by atoms with E-state index < -0.39 is 5.97 Å². The second kappa shape index (κ2) is 9.69. The van der Waals surface area contributed by atoms with Crippen molar-refractivity contribution in [1.29, 1.82) is 0 Å². The van der Waals surface area contributed by atoms with Crippen molar-refractivity contribution in [2.75, 3.05) is 7.11 Å². The fourth-order valence-electron chi connectivity index (χ4n) is 1.60. The van der Waals surface area contributed by atoms with Gasteiger partial charge in [0.05, 0.1) is 23.7 Å². The van der Waals surface area contributed by atoms with E-state index in [1.807, 2.05) is 34.6 Å². The molecule has 5 heteroatoms. The van der Waals surface area contributed by atoms with Crippen molar-refractivity contribution in [3.8, 4) is 0 Å². The fraction of sp³-hybridized carbons (Fsp3) is 0.438. The Balaban J connectivity index is 0.000000921. The Morgan fingerprint density at radius 2 is 1.86 bits per heavy atom. The van der Waals surface area contributed by atoms with Crippen molar-refractivity contribution in [3.05, 3.63) is 39.8 Å². The van der Waals surface area contributed by atoms with Crippen molar-refractivity contribution in [1.82, 2.24) is 9.97 Å². The van der Waals surface area contributed by atoms with Gasteiger partial charge in [-0.25, -0.2) is 9.78 Å². The van der Waals surface area contributed by atoms with E-state index in [1.54, 1.807) is 18.2 Å². The van der Waals surface area contributed by atoms with Crippen LogP contribution in [-0.4, -0.2) is 23.0 Å². The van der Waals surface area contributed by atoms with E-state index in [2.05, 4.69) is 14.7 Å². The zero-order valence-electron chi connectivity index (χ0n) is 13.6. The Morgan fingerprint density at radius 3 is 2.38 bits per heavy atom. The topological polar surface area (TPSA) is 72.0 Å². The van der Waals surface area contributed by atoms with Gasteiger partial charge >= 0.3 is 5.97 Å². The molecule has 0 radical (unpaired) electrons. The number of hydrogen-bond acceptors (Lipinski definition) is 4. The molecule has 0 unspecified atom stereocenters. The summed E-state index contributed by atoms with van der Waals surface area (Å²) in [4.78, 5) is 29.8. The summed E-state index contributed by atoms with van der Waals surface area (Å²) in [7, 11) is 1.32. The molecule has 0 spiro atoms. The number of aryl methyl sites for hydroxylation is 1. The zero-order valence-corrected chi connectivity index (χ0v) is 13.6. The van der Waals surface area contributed by atoms with Gasteiger partial charge in [-0.15, -0.1) is 0 Å². The highest BCUT2D eigenvalue weighted by Gasteiger charge is 2.08. The molecule has 0 aliphatic rings. The predicted octanol–water partition coefficient (Wildman–Crippen LogP) is 3.32. The van der Waals surface area contributed by atoms with Crippen LogP contribution in [0.5, 0.6) is 0 Å². The third kappa shape index (κ3) is 4.70. The number of benzene rings is 1. The number of aromatic amines is 1. The van der Waals surface area contributed by atoms with Gasteiger partial charge in [-0.05, 0) is 24.6 Å². The summed E-state index contributed by atoms with van der Waals surface area (Å²) in [5.74, 6) is -0.419. The van der Waals surface area contributed by atoms with Gasteiger partial charge in [-0.1, -0.05) is 34.6 Å². The fourth-order valence-corrected chi connectivity index (χ4v) is 1.60. The van der Waals surface area contributed by atoms with Crippen LogP contribution in [0, 0.1) is 0 Å². The first-order valence-corrected chi connectivity index (χ1v) is 7.27. The molecule has 1 heterocycles. The molecule has 0 amide bonds. The van der Waals surface area contributed by atoms with Gasteiger partial charge in [0.15, 0.2) is 0 Å². The molecule has 0 aliphatic heterocycles. The van der Waals surface area contributed by atoms with Gasteiger partial charge < -0.3 is 9.72 Å². The minimum atomic E-state index is -0.419. The van der Waals surface area contributed by atoms with Crippen LogP contribution in [0.2, 0.25) is 0 Å².